The van der Waals surface area contributed by atoms with Crippen molar-refractivity contribution in [2.24, 2.45) is 5.73 Å². The van der Waals surface area contributed by atoms with Crippen LogP contribution in [-0.2, 0) is 12.8 Å². The van der Waals surface area contributed by atoms with E-state index in [0.717, 1.165) is 34.2 Å². The van der Waals surface area contributed by atoms with E-state index >= 15 is 0 Å². The van der Waals surface area contributed by atoms with E-state index in [1.807, 2.05) is 31.2 Å². The molecule has 0 saturated carbocycles. The first-order valence-electron chi connectivity index (χ1n) is 5.99. The van der Waals surface area contributed by atoms with Gasteiger partial charge in [0.2, 0.25) is 0 Å². The lowest BCUT2D eigenvalue weighted by Crippen LogP contribution is -2.02. The summed E-state index contributed by atoms with van der Waals surface area (Å²) in [5.41, 5.74) is 6.63. The van der Waals surface area contributed by atoms with Crippen molar-refractivity contribution >= 4 is 11.3 Å². The fraction of sp³-hybridized carbons (Fsp3) is 0.385. The minimum atomic E-state index is 0.619. The number of hydrogen-bond acceptors (Lipinski definition) is 5. The predicted molar refractivity (Wildman–Crippen MR) is 73.0 cm³/mol. The lowest BCUT2D eigenvalue weighted by Gasteiger charge is -2.07. The summed E-state index contributed by atoms with van der Waals surface area (Å²) >= 11 is 1.61. The number of hydrogen-bond donors (Lipinski definition) is 1. The highest BCUT2D eigenvalue weighted by molar-refractivity contribution is 7.11. The van der Waals surface area contributed by atoms with Crippen LogP contribution in [0.2, 0.25) is 0 Å². The third kappa shape index (κ3) is 3.51. The highest BCUT2D eigenvalue weighted by atomic mass is 32.1. The number of para-hydroxylation sites is 1. The van der Waals surface area contributed by atoms with E-state index in [0.29, 0.717) is 13.2 Å². The average molecular weight is 263 g/mol. The van der Waals surface area contributed by atoms with Crippen molar-refractivity contribution < 1.29 is 4.74 Å². The Kier molecular flexibility index (Phi) is 4.66. The molecule has 0 amide bonds. The molecule has 0 saturated heterocycles. The maximum Gasteiger partial charge on any atom is 0.122 e. The molecule has 1 aromatic carbocycles. The monoisotopic (exact) mass is 263 g/mol. The van der Waals surface area contributed by atoms with Gasteiger partial charge in [-0.15, -0.1) is 21.5 Å². The number of nitrogens with two attached hydrogens (primary N) is 1. The molecule has 0 bridgehead atoms. The molecule has 0 unspecified atom stereocenters. The van der Waals surface area contributed by atoms with Gasteiger partial charge in [-0.05, 0) is 25.1 Å². The molecule has 1 heterocycles. The third-order valence-corrected chi connectivity index (χ3v) is 3.58. The van der Waals surface area contributed by atoms with Crippen LogP contribution in [0.15, 0.2) is 24.3 Å². The summed E-state index contributed by atoms with van der Waals surface area (Å²) in [7, 11) is 0. The average Bonchev–Trinajstić information content (AvgIpc) is 2.80. The number of aryl methyl sites for hydroxylation is 1. The van der Waals surface area contributed by atoms with Gasteiger partial charge >= 0.3 is 0 Å². The normalized spacial score (nSPS) is 10.6. The summed E-state index contributed by atoms with van der Waals surface area (Å²) in [5.74, 6) is 0.934. The Morgan fingerprint density at radius 1 is 1.17 bits per heavy atom. The number of nitrogens with zero attached hydrogens (tertiary/aromatic N) is 2. The SMILES string of the molecule is Cc1ccccc1OCCc1nnc(CCN)s1. The van der Waals surface area contributed by atoms with Crippen LogP contribution in [0, 0.1) is 6.92 Å². The van der Waals surface area contributed by atoms with Crippen molar-refractivity contribution in [2.75, 3.05) is 13.2 Å². The molecule has 0 spiro atoms. The van der Waals surface area contributed by atoms with Crippen molar-refractivity contribution in [3.8, 4) is 5.75 Å². The fourth-order valence-corrected chi connectivity index (χ4v) is 2.42. The Hall–Kier alpha value is -1.46. The molecule has 0 fully saturated rings. The second-order valence-electron chi connectivity index (χ2n) is 3.99. The lowest BCUT2D eigenvalue weighted by atomic mass is 10.2. The van der Waals surface area contributed by atoms with E-state index in [1.54, 1.807) is 11.3 Å². The summed E-state index contributed by atoms with van der Waals surface area (Å²) in [5, 5.41) is 10.2. The topological polar surface area (TPSA) is 61.0 Å². The zero-order valence-corrected chi connectivity index (χ0v) is 11.2. The summed E-state index contributed by atoms with van der Waals surface area (Å²) in [6.07, 6.45) is 1.59. The van der Waals surface area contributed by atoms with Crippen LogP contribution in [0.5, 0.6) is 5.75 Å². The van der Waals surface area contributed by atoms with E-state index in [-0.39, 0.29) is 0 Å². The van der Waals surface area contributed by atoms with Crippen LogP contribution in [0.25, 0.3) is 0 Å². The molecule has 0 aliphatic carbocycles. The zero-order valence-electron chi connectivity index (χ0n) is 10.4. The number of aromatic nitrogens is 2. The molecule has 96 valence electrons. The standard InChI is InChI=1S/C13H17N3OS/c1-10-4-2-3-5-11(10)17-9-7-13-16-15-12(18-13)6-8-14/h2-5H,6-9,14H2,1H3. The maximum absolute atomic E-state index is 5.72. The second-order valence-corrected chi connectivity index (χ2v) is 5.14. The van der Waals surface area contributed by atoms with Crippen LogP contribution in [0.4, 0.5) is 0 Å². The first-order valence-corrected chi connectivity index (χ1v) is 6.81. The van der Waals surface area contributed by atoms with Gasteiger partial charge in [0.25, 0.3) is 0 Å². The van der Waals surface area contributed by atoms with Gasteiger partial charge in [0, 0.05) is 12.8 Å². The van der Waals surface area contributed by atoms with Gasteiger partial charge in [0.05, 0.1) is 6.61 Å². The van der Waals surface area contributed by atoms with Crippen molar-refractivity contribution in [1.29, 1.82) is 0 Å². The minimum absolute atomic E-state index is 0.619. The highest BCUT2D eigenvalue weighted by Crippen LogP contribution is 2.17. The Morgan fingerprint density at radius 2 is 1.89 bits per heavy atom. The Labute approximate surface area is 111 Å². The summed E-state index contributed by atoms with van der Waals surface area (Å²) in [6.45, 7) is 3.29. The largest absolute Gasteiger partial charge is 0.493 e. The van der Waals surface area contributed by atoms with E-state index in [9.17, 15) is 0 Å². The first kappa shape index (κ1) is 13.0. The Morgan fingerprint density at radius 3 is 2.61 bits per heavy atom. The molecule has 1 aromatic heterocycles. The summed E-state index contributed by atoms with van der Waals surface area (Å²) < 4.78 is 5.72. The van der Waals surface area contributed by atoms with Gasteiger partial charge in [0.15, 0.2) is 0 Å². The molecule has 2 N–H and O–H groups in total. The van der Waals surface area contributed by atoms with Gasteiger partial charge in [-0.1, -0.05) is 18.2 Å². The van der Waals surface area contributed by atoms with Crippen molar-refractivity contribution in [1.82, 2.24) is 10.2 Å². The van der Waals surface area contributed by atoms with Crippen LogP contribution in [0.1, 0.15) is 15.6 Å². The smallest absolute Gasteiger partial charge is 0.122 e. The molecular weight excluding hydrogens is 246 g/mol. The third-order valence-electron chi connectivity index (χ3n) is 2.53. The van der Waals surface area contributed by atoms with Crippen LogP contribution < -0.4 is 10.5 Å². The molecule has 0 aliphatic rings. The maximum atomic E-state index is 5.72. The molecule has 0 aliphatic heterocycles. The molecule has 0 atom stereocenters. The van der Waals surface area contributed by atoms with E-state index in [2.05, 4.69) is 10.2 Å². The quantitative estimate of drug-likeness (QED) is 0.865. The second kappa shape index (κ2) is 6.47. The molecule has 5 heteroatoms. The van der Waals surface area contributed by atoms with Crippen LogP contribution in [-0.4, -0.2) is 23.3 Å². The van der Waals surface area contributed by atoms with Crippen molar-refractivity contribution in [3.63, 3.8) is 0 Å². The van der Waals surface area contributed by atoms with Gasteiger partial charge in [-0.25, -0.2) is 0 Å². The van der Waals surface area contributed by atoms with Gasteiger partial charge in [-0.3, -0.25) is 0 Å². The minimum Gasteiger partial charge on any atom is -0.493 e. The molecule has 2 rings (SSSR count). The number of ether oxygens (including phenoxy) is 1. The Bertz CT molecular complexity index is 498. The lowest BCUT2D eigenvalue weighted by molar-refractivity contribution is 0.319. The van der Waals surface area contributed by atoms with E-state index < -0.39 is 0 Å². The van der Waals surface area contributed by atoms with Crippen molar-refractivity contribution in [3.05, 3.63) is 39.8 Å². The highest BCUT2D eigenvalue weighted by Gasteiger charge is 2.04. The Balaban J connectivity index is 1.83. The first-order chi connectivity index (χ1) is 8.79. The van der Waals surface area contributed by atoms with Gasteiger partial charge in [0.1, 0.15) is 15.8 Å². The molecule has 0 radical (unpaired) electrons. The predicted octanol–water partition coefficient (Wildman–Crippen LogP) is 1.97. The van der Waals surface area contributed by atoms with Crippen LogP contribution in [0.3, 0.4) is 0 Å². The fourth-order valence-electron chi connectivity index (χ4n) is 1.58. The van der Waals surface area contributed by atoms with E-state index in [4.69, 9.17) is 10.5 Å². The summed E-state index contributed by atoms with van der Waals surface area (Å²) in [6, 6.07) is 8.01. The molecule has 4 nitrogen and oxygen atoms in total. The van der Waals surface area contributed by atoms with Crippen LogP contribution >= 0.6 is 11.3 Å². The zero-order chi connectivity index (χ0) is 12.8. The number of benzene rings is 1. The molecule has 2 aromatic rings. The molecular formula is C13H17N3OS. The van der Waals surface area contributed by atoms with E-state index in [1.165, 1.54) is 0 Å². The van der Waals surface area contributed by atoms with Gasteiger partial charge < -0.3 is 10.5 Å². The van der Waals surface area contributed by atoms with Crippen molar-refractivity contribution in [2.45, 2.75) is 19.8 Å². The summed E-state index contributed by atoms with van der Waals surface area (Å²) in [4.78, 5) is 0. The molecule has 18 heavy (non-hydrogen) atoms. The number of rotatable bonds is 6. The van der Waals surface area contributed by atoms with Gasteiger partial charge in [-0.2, -0.15) is 0 Å².